The molecule has 3 rings (SSSR count). The molecule has 0 spiro atoms. The molecule has 0 bridgehead atoms. The van der Waals surface area contributed by atoms with Crippen molar-refractivity contribution in [1.82, 2.24) is 0 Å². The summed E-state index contributed by atoms with van der Waals surface area (Å²) in [6, 6.07) is 22.9. The van der Waals surface area contributed by atoms with Crippen LogP contribution in [-0.4, -0.2) is 17.5 Å². The van der Waals surface area contributed by atoms with Gasteiger partial charge in [0.25, 0.3) is 0 Å². The lowest BCUT2D eigenvalue weighted by Crippen LogP contribution is -2.17. The lowest BCUT2D eigenvalue weighted by atomic mass is 9.88. The number of carbonyl (C=O) groups excluding carboxylic acids is 1. The summed E-state index contributed by atoms with van der Waals surface area (Å²) < 4.78 is 0. The van der Waals surface area contributed by atoms with Gasteiger partial charge in [-0.25, -0.2) is 0 Å². The van der Waals surface area contributed by atoms with Crippen LogP contribution in [0.5, 0.6) is 0 Å². The predicted molar refractivity (Wildman–Crippen MR) is 84.5 cm³/mol. The fourth-order valence-corrected chi connectivity index (χ4v) is 2.68. The molecule has 1 N–H and O–H groups in total. The molecule has 1 unspecified atom stereocenters. The quantitative estimate of drug-likeness (QED) is 0.736. The van der Waals surface area contributed by atoms with E-state index in [0.29, 0.717) is 5.56 Å². The molecule has 0 aromatic heterocycles. The molecule has 0 radical (unpaired) electrons. The molecule has 21 heavy (non-hydrogen) atoms. The van der Waals surface area contributed by atoms with Crippen molar-refractivity contribution in [1.29, 1.82) is 0 Å². The minimum Gasteiger partial charge on any atom is -0.395 e. The Kier molecular flexibility index (Phi) is 3.80. The van der Waals surface area contributed by atoms with Gasteiger partial charge in [-0.2, -0.15) is 0 Å². The van der Waals surface area contributed by atoms with Crippen LogP contribution in [0.25, 0.3) is 10.8 Å². The molecule has 0 aliphatic heterocycles. The van der Waals surface area contributed by atoms with Gasteiger partial charge in [0.1, 0.15) is 0 Å². The SMILES string of the molecule is O=C(c1ccccc1)C(CO)c1cccc2ccccc12. The van der Waals surface area contributed by atoms with Crippen LogP contribution in [0, 0.1) is 0 Å². The fourth-order valence-electron chi connectivity index (χ4n) is 2.68. The van der Waals surface area contributed by atoms with E-state index in [4.69, 9.17) is 0 Å². The average molecular weight is 276 g/mol. The predicted octanol–water partition coefficient (Wildman–Crippen LogP) is 3.80. The fraction of sp³-hybridized carbons (Fsp3) is 0.105. The van der Waals surface area contributed by atoms with E-state index in [1.807, 2.05) is 60.7 Å². The molecule has 0 fully saturated rings. The van der Waals surface area contributed by atoms with Gasteiger partial charge in [0, 0.05) is 5.56 Å². The van der Waals surface area contributed by atoms with Crippen LogP contribution in [0.3, 0.4) is 0 Å². The van der Waals surface area contributed by atoms with E-state index in [2.05, 4.69) is 0 Å². The summed E-state index contributed by atoms with van der Waals surface area (Å²) in [5.41, 5.74) is 1.51. The summed E-state index contributed by atoms with van der Waals surface area (Å²) in [7, 11) is 0. The molecular formula is C19H16O2. The van der Waals surface area contributed by atoms with E-state index in [9.17, 15) is 9.90 Å². The number of ketones is 1. The number of hydrogen-bond acceptors (Lipinski definition) is 2. The number of aliphatic hydroxyl groups is 1. The van der Waals surface area contributed by atoms with Crippen molar-refractivity contribution in [2.24, 2.45) is 0 Å². The molecule has 3 aromatic rings. The van der Waals surface area contributed by atoms with Crippen molar-refractivity contribution in [3.8, 4) is 0 Å². The van der Waals surface area contributed by atoms with Crippen molar-refractivity contribution in [3.63, 3.8) is 0 Å². The summed E-state index contributed by atoms with van der Waals surface area (Å²) in [5.74, 6) is -0.576. The maximum absolute atomic E-state index is 12.7. The van der Waals surface area contributed by atoms with Crippen LogP contribution in [0.4, 0.5) is 0 Å². The normalized spacial score (nSPS) is 12.2. The molecule has 0 heterocycles. The number of fused-ring (bicyclic) bond motifs is 1. The number of carbonyl (C=O) groups is 1. The second-order valence-corrected chi connectivity index (χ2v) is 5.03. The summed E-state index contributed by atoms with van der Waals surface area (Å²) in [4.78, 5) is 12.7. The molecule has 0 amide bonds. The summed E-state index contributed by atoms with van der Waals surface area (Å²) >= 11 is 0. The van der Waals surface area contributed by atoms with E-state index in [1.165, 1.54) is 0 Å². The van der Waals surface area contributed by atoms with Crippen LogP contribution >= 0.6 is 0 Å². The van der Waals surface area contributed by atoms with Gasteiger partial charge in [-0.1, -0.05) is 72.8 Å². The van der Waals surface area contributed by atoms with Gasteiger partial charge < -0.3 is 5.11 Å². The van der Waals surface area contributed by atoms with Gasteiger partial charge in [0.05, 0.1) is 12.5 Å². The molecule has 3 aromatic carbocycles. The van der Waals surface area contributed by atoms with Gasteiger partial charge in [0.2, 0.25) is 0 Å². The Labute approximate surface area is 123 Å². The van der Waals surface area contributed by atoms with Gasteiger partial charge in [0.15, 0.2) is 5.78 Å². The highest BCUT2D eigenvalue weighted by atomic mass is 16.3. The highest BCUT2D eigenvalue weighted by Crippen LogP contribution is 2.28. The van der Waals surface area contributed by atoms with E-state index in [1.54, 1.807) is 12.1 Å². The molecule has 0 aliphatic rings. The number of benzene rings is 3. The van der Waals surface area contributed by atoms with Crippen molar-refractivity contribution < 1.29 is 9.90 Å². The Hall–Kier alpha value is -2.45. The number of rotatable bonds is 4. The first-order valence-corrected chi connectivity index (χ1v) is 6.99. The van der Waals surface area contributed by atoms with E-state index >= 15 is 0 Å². The van der Waals surface area contributed by atoms with Crippen LogP contribution < -0.4 is 0 Å². The third-order valence-electron chi connectivity index (χ3n) is 3.76. The zero-order valence-corrected chi connectivity index (χ0v) is 11.6. The second kappa shape index (κ2) is 5.90. The van der Waals surface area contributed by atoms with E-state index in [0.717, 1.165) is 16.3 Å². The molecule has 104 valence electrons. The van der Waals surface area contributed by atoms with E-state index < -0.39 is 5.92 Å². The lowest BCUT2D eigenvalue weighted by molar-refractivity contribution is 0.0923. The molecule has 0 aliphatic carbocycles. The first-order valence-electron chi connectivity index (χ1n) is 6.99. The molecule has 0 saturated carbocycles. The third-order valence-corrected chi connectivity index (χ3v) is 3.76. The Morgan fingerprint density at radius 3 is 2.29 bits per heavy atom. The number of Topliss-reactive ketones (excluding diaryl/α,β-unsaturated/α-hetero) is 1. The molecular weight excluding hydrogens is 260 g/mol. The first-order chi connectivity index (χ1) is 10.3. The Morgan fingerprint density at radius 2 is 1.52 bits per heavy atom. The van der Waals surface area contributed by atoms with Crippen LogP contribution in [0.15, 0.2) is 72.8 Å². The summed E-state index contributed by atoms with van der Waals surface area (Å²) in [6.45, 7) is -0.193. The van der Waals surface area contributed by atoms with Gasteiger partial charge in [-0.3, -0.25) is 4.79 Å². The van der Waals surface area contributed by atoms with E-state index in [-0.39, 0.29) is 12.4 Å². The zero-order chi connectivity index (χ0) is 14.7. The van der Waals surface area contributed by atoms with Crippen LogP contribution in [0.2, 0.25) is 0 Å². The highest BCUT2D eigenvalue weighted by Gasteiger charge is 2.22. The smallest absolute Gasteiger partial charge is 0.172 e. The van der Waals surface area contributed by atoms with Crippen molar-refractivity contribution in [3.05, 3.63) is 83.9 Å². The molecule has 2 heteroatoms. The Balaban J connectivity index is 2.09. The van der Waals surface area contributed by atoms with Gasteiger partial charge in [-0.15, -0.1) is 0 Å². The van der Waals surface area contributed by atoms with Crippen LogP contribution in [0.1, 0.15) is 21.8 Å². The first kappa shape index (κ1) is 13.5. The van der Waals surface area contributed by atoms with Crippen LogP contribution in [-0.2, 0) is 0 Å². The standard InChI is InChI=1S/C19H16O2/c20-13-18(19(21)15-8-2-1-3-9-15)17-12-6-10-14-7-4-5-11-16(14)17/h1-12,18,20H,13H2. The summed E-state index contributed by atoms with van der Waals surface area (Å²) in [6.07, 6.45) is 0. The molecule has 1 atom stereocenters. The minimum atomic E-state index is -0.529. The van der Waals surface area contributed by atoms with Crippen molar-refractivity contribution in [2.45, 2.75) is 5.92 Å². The van der Waals surface area contributed by atoms with Crippen molar-refractivity contribution >= 4 is 16.6 Å². The second-order valence-electron chi connectivity index (χ2n) is 5.03. The average Bonchev–Trinajstić information content (AvgIpc) is 2.56. The largest absolute Gasteiger partial charge is 0.395 e. The topological polar surface area (TPSA) is 37.3 Å². The Bertz CT molecular complexity index is 757. The molecule has 0 saturated heterocycles. The zero-order valence-electron chi connectivity index (χ0n) is 11.6. The maximum atomic E-state index is 12.7. The number of hydrogen-bond donors (Lipinski definition) is 1. The van der Waals surface area contributed by atoms with Gasteiger partial charge in [-0.05, 0) is 16.3 Å². The highest BCUT2D eigenvalue weighted by molar-refractivity contribution is 6.03. The minimum absolute atomic E-state index is 0.0468. The lowest BCUT2D eigenvalue weighted by Gasteiger charge is -2.16. The summed E-state index contributed by atoms with van der Waals surface area (Å²) in [5, 5.41) is 11.8. The number of aliphatic hydroxyl groups excluding tert-OH is 1. The molecule has 2 nitrogen and oxygen atoms in total. The monoisotopic (exact) mass is 276 g/mol. The van der Waals surface area contributed by atoms with Crippen molar-refractivity contribution in [2.75, 3.05) is 6.61 Å². The maximum Gasteiger partial charge on any atom is 0.172 e. The Morgan fingerprint density at radius 1 is 0.857 bits per heavy atom. The third kappa shape index (κ3) is 2.58. The van der Waals surface area contributed by atoms with Gasteiger partial charge >= 0.3 is 0 Å².